The molecule has 3 nitrogen and oxygen atoms in total. The van der Waals surface area contributed by atoms with Crippen LogP contribution in [0.2, 0.25) is 0 Å². The van der Waals surface area contributed by atoms with E-state index in [2.05, 4.69) is 46.5 Å². The van der Waals surface area contributed by atoms with Crippen molar-refractivity contribution in [2.24, 2.45) is 0 Å². The van der Waals surface area contributed by atoms with E-state index in [1.54, 1.807) is 6.33 Å². The normalized spacial score (nSPS) is 21.0. The SMILES string of the molecule is CCCNC1c2ccccc2CCC1Sc1ccncn1. The standard InChI is InChI=1S/C17H21N3S/c1-2-10-19-17-14-6-4-3-5-13(14)7-8-15(17)21-16-9-11-18-12-20-16/h3-6,9,11-12,15,17,19H,2,7-8,10H2,1H3. The number of benzene rings is 1. The first-order valence-electron chi connectivity index (χ1n) is 7.62. The van der Waals surface area contributed by atoms with E-state index in [1.807, 2.05) is 24.0 Å². The van der Waals surface area contributed by atoms with E-state index in [0.29, 0.717) is 11.3 Å². The molecule has 2 aromatic rings. The quantitative estimate of drug-likeness (QED) is 0.856. The van der Waals surface area contributed by atoms with Crippen LogP contribution < -0.4 is 5.32 Å². The molecule has 1 aromatic heterocycles. The van der Waals surface area contributed by atoms with Crippen molar-refractivity contribution >= 4 is 11.8 Å². The number of rotatable bonds is 5. The molecule has 0 amide bonds. The van der Waals surface area contributed by atoms with Gasteiger partial charge in [0.1, 0.15) is 6.33 Å². The Morgan fingerprint density at radius 3 is 3.00 bits per heavy atom. The Morgan fingerprint density at radius 1 is 1.29 bits per heavy atom. The molecule has 4 heteroatoms. The smallest absolute Gasteiger partial charge is 0.116 e. The first-order valence-corrected chi connectivity index (χ1v) is 8.50. The van der Waals surface area contributed by atoms with Crippen LogP contribution in [-0.2, 0) is 6.42 Å². The van der Waals surface area contributed by atoms with Gasteiger partial charge in [-0.3, -0.25) is 0 Å². The molecular weight excluding hydrogens is 278 g/mol. The largest absolute Gasteiger partial charge is 0.309 e. The minimum absolute atomic E-state index is 0.412. The average molecular weight is 299 g/mol. The van der Waals surface area contributed by atoms with Crippen molar-refractivity contribution in [2.75, 3.05) is 6.54 Å². The molecule has 1 N–H and O–H groups in total. The molecule has 0 saturated carbocycles. The van der Waals surface area contributed by atoms with Gasteiger partial charge in [0.05, 0.1) is 5.03 Å². The number of nitrogens with one attached hydrogen (secondary N) is 1. The molecule has 3 rings (SSSR count). The first kappa shape index (κ1) is 14.5. The highest BCUT2D eigenvalue weighted by Crippen LogP contribution is 2.39. The van der Waals surface area contributed by atoms with E-state index < -0.39 is 0 Å². The molecule has 0 radical (unpaired) electrons. The van der Waals surface area contributed by atoms with E-state index >= 15 is 0 Å². The van der Waals surface area contributed by atoms with Crippen molar-refractivity contribution in [3.63, 3.8) is 0 Å². The number of hydrogen-bond acceptors (Lipinski definition) is 4. The van der Waals surface area contributed by atoms with Gasteiger partial charge in [0.2, 0.25) is 0 Å². The van der Waals surface area contributed by atoms with Crippen LogP contribution in [0.3, 0.4) is 0 Å². The lowest BCUT2D eigenvalue weighted by Crippen LogP contribution is -2.34. The third-order valence-electron chi connectivity index (χ3n) is 3.90. The van der Waals surface area contributed by atoms with E-state index in [9.17, 15) is 0 Å². The minimum atomic E-state index is 0.412. The summed E-state index contributed by atoms with van der Waals surface area (Å²) in [5.74, 6) is 0. The highest BCUT2D eigenvalue weighted by atomic mass is 32.2. The summed E-state index contributed by atoms with van der Waals surface area (Å²) in [5, 5.41) is 5.33. The van der Waals surface area contributed by atoms with Gasteiger partial charge in [0.25, 0.3) is 0 Å². The molecule has 110 valence electrons. The molecule has 0 aliphatic heterocycles. The monoisotopic (exact) mass is 299 g/mol. The van der Waals surface area contributed by atoms with E-state index in [1.165, 1.54) is 17.5 Å². The van der Waals surface area contributed by atoms with Crippen molar-refractivity contribution in [1.82, 2.24) is 15.3 Å². The summed E-state index contributed by atoms with van der Waals surface area (Å²) in [6.45, 7) is 3.27. The van der Waals surface area contributed by atoms with Gasteiger partial charge in [-0.25, -0.2) is 9.97 Å². The molecule has 1 aliphatic rings. The van der Waals surface area contributed by atoms with Crippen molar-refractivity contribution in [2.45, 2.75) is 42.5 Å². The van der Waals surface area contributed by atoms with Crippen LogP contribution in [0.1, 0.15) is 36.9 Å². The van der Waals surface area contributed by atoms with Crippen LogP contribution in [0.25, 0.3) is 0 Å². The second-order valence-electron chi connectivity index (χ2n) is 5.37. The number of thioether (sulfide) groups is 1. The highest BCUT2D eigenvalue weighted by molar-refractivity contribution is 7.99. The van der Waals surface area contributed by atoms with Crippen LogP contribution in [0.4, 0.5) is 0 Å². The Kier molecular flexibility index (Phi) is 4.88. The van der Waals surface area contributed by atoms with Gasteiger partial charge in [0.15, 0.2) is 0 Å². The van der Waals surface area contributed by atoms with Crippen molar-refractivity contribution in [3.05, 3.63) is 54.0 Å². The van der Waals surface area contributed by atoms with Gasteiger partial charge in [0, 0.05) is 17.5 Å². The molecule has 0 fully saturated rings. The Hall–Kier alpha value is -1.39. The highest BCUT2D eigenvalue weighted by Gasteiger charge is 2.29. The maximum absolute atomic E-state index is 4.37. The fourth-order valence-corrected chi connectivity index (χ4v) is 4.07. The summed E-state index contributed by atoms with van der Waals surface area (Å²) in [5.41, 5.74) is 2.95. The molecule has 0 spiro atoms. The number of aromatic nitrogens is 2. The molecule has 21 heavy (non-hydrogen) atoms. The van der Waals surface area contributed by atoms with Crippen LogP contribution in [0.15, 0.2) is 47.9 Å². The molecule has 0 bridgehead atoms. The Labute approximate surface area is 130 Å². The third kappa shape index (κ3) is 3.44. The number of aryl methyl sites for hydroxylation is 1. The van der Waals surface area contributed by atoms with Crippen molar-refractivity contribution in [3.8, 4) is 0 Å². The van der Waals surface area contributed by atoms with Gasteiger partial charge in [-0.05, 0) is 43.0 Å². The third-order valence-corrected chi connectivity index (χ3v) is 5.19. The summed E-state index contributed by atoms with van der Waals surface area (Å²) >= 11 is 1.87. The first-order chi connectivity index (χ1) is 10.4. The summed E-state index contributed by atoms with van der Waals surface area (Å²) in [6.07, 6.45) is 6.95. The van der Waals surface area contributed by atoms with Crippen LogP contribution in [0, 0.1) is 0 Å². The van der Waals surface area contributed by atoms with E-state index in [-0.39, 0.29) is 0 Å². The summed E-state index contributed by atoms with van der Waals surface area (Å²) in [7, 11) is 0. The van der Waals surface area contributed by atoms with Crippen LogP contribution in [-0.4, -0.2) is 21.8 Å². The fourth-order valence-electron chi connectivity index (χ4n) is 2.90. The summed E-state index contributed by atoms with van der Waals surface area (Å²) < 4.78 is 0. The second kappa shape index (κ2) is 7.05. The zero-order valence-electron chi connectivity index (χ0n) is 12.3. The number of nitrogens with zero attached hydrogens (tertiary/aromatic N) is 2. The van der Waals surface area contributed by atoms with E-state index in [4.69, 9.17) is 0 Å². The molecular formula is C17H21N3S. The molecule has 0 saturated heterocycles. The number of fused-ring (bicyclic) bond motifs is 1. The average Bonchev–Trinajstić information content (AvgIpc) is 2.55. The molecule has 1 aromatic carbocycles. The van der Waals surface area contributed by atoms with Gasteiger partial charge in [-0.1, -0.05) is 31.2 Å². The molecule has 1 heterocycles. The van der Waals surface area contributed by atoms with Crippen LogP contribution >= 0.6 is 11.8 Å². The van der Waals surface area contributed by atoms with Crippen molar-refractivity contribution in [1.29, 1.82) is 0 Å². The molecule has 2 unspecified atom stereocenters. The Balaban J connectivity index is 1.82. The lowest BCUT2D eigenvalue weighted by Gasteiger charge is -2.33. The van der Waals surface area contributed by atoms with E-state index in [0.717, 1.165) is 24.4 Å². The maximum atomic E-state index is 4.37. The zero-order chi connectivity index (χ0) is 14.5. The molecule has 2 atom stereocenters. The Bertz CT molecular complexity index is 573. The summed E-state index contributed by atoms with van der Waals surface area (Å²) in [6, 6.07) is 11.2. The lowest BCUT2D eigenvalue weighted by molar-refractivity contribution is 0.472. The molecule has 1 aliphatic carbocycles. The zero-order valence-corrected chi connectivity index (χ0v) is 13.1. The fraction of sp³-hybridized carbons (Fsp3) is 0.412. The predicted molar refractivity (Wildman–Crippen MR) is 87.5 cm³/mol. The maximum Gasteiger partial charge on any atom is 0.116 e. The minimum Gasteiger partial charge on any atom is -0.309 e. The van der Waals surface area contributed by atoms with Crippen molar-refractivity contribution < 1.29 is 0 Å². The van der Waals surface area contributed by atoms with Gasteiger partial charge >= 0.3 is 0 Å². The topological polar surface area (TPSA) is 37.8 Å². The van der Waals surface area contributed by atoms with Gasteiger partial charge in [-0.2, -0.15) is 0 Å². The van der Waals surface area contributed by atoms with Gasteiger partial charge < -0.3 is 5.32 Å². The lowest BCUT2D eigenvalue weighted by atomic mass is 9.87. The Morgan fingerprint density at radius 2 is 2.19 bits per heavy atom. The second-order valence-corrected chi connectivity index (χ2v) is 6.63. The van der Waals surface area contributed by atoms with Crippen LogP contribution in [0.5, 0.6) is 0 Å². The predicted octanol–water partition coefficient (Wildman–Crippen LogP) is 3.62. The van der Waals surface area contributed by atoms with Gasteiger partial charge in [-0.15, -0.1) is 11.8 Å². The summed E-state index contributed by atoms with van der Waals surface area (Å²) in [4.78, 5) is 8.37. The number of hydrogen-bond donors (Lipinski definition) is 1.